The lowest BCUT2D eigenvalue weighted by molar-refractivity contribution is 0.102. The fourth-order valence-electron chi connectivity index (χ4n) is 1.50. The zero-order valence-electron chi connectivity index (χ0n) is 10.7. The predicted octanol–water partition coefficient (Wildman–Crippen LogP) is 1.09. The molecule has 1 aromatic carbocycles. The molecule has 2 N–H and O–H groups in total. The van der Waals surface area contributed by atoms with E-state index in [9.17, 15) is 9.59 Å². The van der Waals surface area contributed by atoms with E-state index in [2.05, 4.69) is 15.3 Å². The van der Waals surface area contributed by atoms with Crippen LogP contribution in [0, 0.1) is 0 Å². The minimum absolute atomic E-state index is 0.163. The van der Waals surface area contributed by atoms with Crippen molar-refractivity contribution in [3.05, 3.63) is 52.7 Å². The smallest absolute Gasteiger partial charge is 0.275 e. The van der Waals surface area contributed by atoms with Crippen molar-refractivity contribution in [3.8, 4) is 0 Å². The van der Waals surface area contributed by atoms with Crippen molar-refractivity contribution >= 4 is 17.3 Å². The Morgan fingerprint density at radius 1 is 1.26 bits per heavy atom. The Balaban J connectivity index is 2.10. The lowest BCUT2D eigenvalue weighted by Gasteiger charge is -2.12. The molecule has 1 aromatic heterocycles. The van der Waals surface area contributed by atoms with Gasteiger partial charge >= 0.3 is 0 Å². The highest BCUT2D eigenvalue weighted by Crippen LogP contribution is 2.15. The van der Waals surface area contributed by atoms with Gasteiger partial charge in [0.2, 0.25) is 0 Å². The van der Waals surface area contributed by atoms with Crippen molar-refractivity contribution < 1.29 is 4.79 Å². The number of hydrogen-bond donors (Lipinski definition) is 2. The van der Waals surface area contributed by atoms with Crippen LogP contribution in [0.2, 0.25) is 0 Å². The van der Waals surface area contributed by atoms with Gasteiger partial charge in [-0.15, -0.1) is 0 Å². The van der Waals surface area contributed by atoms with Crippen LogP contribution in [0.3, 0.4) is 0 Å². The molecule has 98 valence electrons. The third kappa shape index (κ3) is 3.19. The van der Waals surface area contributed by atoms with E-state index in [1.54, 1.807) is 12.1 Å². The number of anilines is 2. The zero-order valence-corrected chi connectivity index (χ0v) is 10.7. The van der Waals surface area contributed by atoms with Crippen LogP contribution in [0.5, 0.6) is 0 Å². The molecule has 19 heavy (non-hydrogen) atoms. The molecule has 0 radical (unpaired) electrons. The molecule has 2 rings (SSSR count). The highest BCUT2D eigenvalue weighted by atomic mass is 16.2. The van der Waals surface area contributed by atoms with Crippen molar-refractivity contribution in [1.29, 1.82) is 0 Å². The van der Waals surface area contributed by atoms with Gasteiger partial charge in [-0.3, -0.25) is 9.59 Å². The molecule has 6 nitrogen and oxygen atoms in total. The molecule has 0 atom stereocenters. The molecule has 2 aromatic rings. The number of nitrogens with zero attached hydrogens (tertiary/aromatic N) is 2. The molecule has 1 heterocycles. The zero-order chi connectivity index (χ0) is 13.8. The third-order valence-electron chi connectivity index (χ3n) is 2.55. The number of carbonyl (C=O) groups is 1. The lowest BCUT2D eigenvalue weighted by atomic mass is 10.2. The second-order valence-electron chi connectivity index (χ2n) is 4.19. The number of H-pyrrole nitrogens is 1. The van der Waals surface area contributed by atoms with Crippen LogP contribution < -0.4 is 15.8 Å². The number of rotatable bonds is 3. The standard InChI is InChI=1S/C13H14N4O2/c1-17(2)10-5-3-9(4-6-10)16-13(19)11-7-15-12(18)8-14-11/h3-8H,1-2H3,(H,15,18)(H,16,19). The molecule has 0 fully saturated rings. The van der Waals surface area contributed by atoms with Crippen LogP contribution in [0.4, 0.5) is 11.4 Å². The van der Waals surface area contributed by atoms with Gasteiger partial charge in [0, 0.05) is 31.7 Å². The molecule has 0 saturated heterocycles. The molecule has 0 bridgehead atoms. The molecule has 0 aliphatic carbocycles. The van der Waals surface area contributed by atoms with Crippen molar-refractivity contribution in [2.45, 2.75) is 0 Å². The highest BCUT2D eigenvalue weighted by Gasteiger charge is 2.07. The summed E-state index contributed by atoms with van der Waals surface area (Å²) in [7, 11) is 3.88. The molecule has 0 spiro atoms. The van der Waals surface area contributed by atoms with Gasteiger partial charge < -0.3 is 15.2 Å². The van der Waals surface area contributed by atoms with Gasteiger partial charge in [0.05, 0.1) is 6.20 Å². The molecule has 0 unspecified atom stereocenters. The number of hydrogen-bond acceptors (Lipinski definition) is 4. The molecular weight excluding hydrogens is 244 g/mol. The topological polar surface area (TPSA) is 78.1 Å². The van der Waals surface area contributed by atoms with Crippen molar-refractivity contribution in [3.63, 3.8) is 0 Å². The minimum Gasteiger partial charge on any atom is -0.378 e. The highest BCUT2D eigenvalue weighted by molar-refractivity contribution is 6.02. The van der Waals surface area contributed by atoms with E-state index in [0.29, 0.717) is 5.69 Å². The summed E-state index contributed by atoms with van der Waals surface area (Å²) in [6.07, 6.45) is 2.36. The average Bonchev–Trinajstić information content (AvgIpc) is 2.40. The van der Waals surface area contributed by atoms with Crippen LogP contribution in [0.25, 0.3) is 0 Å². The Hall–Kier alpha value is -2.63. The van der Waals surface area contributed by atoms with Crippen LogP contribution in [0.15, 0.2) is 41.5 Å². The summed E-state index contributed by atoms with van der Waals surface area (Å²) in [5, 5.41) is 2.70. The summed E-state index contributed by atoms with van der Waals surface area (Å²) in [4.78, 5) is 30.8. The average molecular weight is 258 g/mol. The maximum absolute atomic E-state index is 11.8. The van der Waals surface area contributed by atoms with Gasteiger partial charge in [0.1, 0.15) is 5.69 Å². The van der Waals surface area contributed by atoms with Crippen molar-refractivity contribution in [1.82, 2.24) is 9.97 Å². The normalized spacial score (nSPS) is 10.0. The second kappa shape index (κ2) is 5.34. The summed E-state index contributed by atoms with van der Waals surface area (Å²) in [6, 6.07) is 7.41. The Morgan fingerprint density at radius 3 is 2.47 bits per heavy atom. The maximum Gasteiger partial charge on any atom is 0.275 e. The minimum atomic E-state index is -0.367. The first-order valence-electron chi connectivity index (χ1n) is 5.70. The largest absolute Gasteiger partial charge is 0.378 e. The fraction of sp³-hybridized carbons (Fsp3) is 0.154. The first kappa shape index (κ1) is 12.8. The number of aromatic nitrogens is 2. The summed E-state index contributed by atoms with van der Waals surface area (Å²) in [6.45, 7) is 0. The van der Waals surface area contributed by atoms with Gasteiger partial charge in [0.15, 0.2) is 0 Å². The van der Waals surface area contributed by atoms with Crippen LogP contribution in [-0.4, -0.2) is 30.0 Å². The Morgan fingerprint density at radius 2 is 1.95 bits per heavy atom. The van der Waals surface area contributed by atoms with E-state index in [1.165, 1.54) is 6.20 Å². The first-order chi connectivity index (χ1) is 9.06. The molecule has 0 aliphatic heterocycles. The summed E-state index contributed by atoms with van der Waals surface area (Å²) in [5.74, 6) is -0.367. The van der Waals surface area contributed by atoms with Gasteiger partial charge in [-0.05, 0) is 24.3 Å². The number of benzene rings is 1. The molecule has 1 amide bonds. The molecule has 0 saturated carbocycles. The van der Waals surface area contributed by atoms with E-state index < -0.39 is 0 Å². The Bertz CT molecular complexity index is 611. The van der Waals surface area contributed by atoms with E-state index in [0.717, 1.165) is 11.9 Å². The lowest BCUT2D eigenvalue weighted by Crippen LogP contribution is -2.17. The fourth-order valence-corrected chi connectivity index (χ4v) is 1.50. The first-order valence-corrected chi connectivity index (χ1v) is 5.70. The molecule has 0 aliphatic rings. The summed E-state index contributed by atoms with van der Waals surface area (Å²) in [5.41, 5.74) is 1.53. The summed E-state index contributed by atoms with van der Waals surface area (Å²) < 4.78 is 0. The van der Waals surface area contributed by atoms with Crippen molar-refractivity contribution in [2.75, 3.05) is 24.3 Å². The third-order valence-corrected chi connectivity index (χ3v) is 2.55. The molecule has 6 heteroatoms. The SMILES string of the molecule is CN(C)c1ccc(NC(=O)c2c[nH]c(=O)cn2)cc1. The quantitative estimate of drug-likeness (QED) is 0.863. The van der Waals surface area contributed by atoms with E-state index in [1.807, 2.05) is 31.1 Å². The van der Waals surface area contributed by atoms with Gasteiger partial charge in [-0.25, -0.2) is 4.98 Å². The number of carbonyl (C=O) groups excluding carboxylic acids is 1. The van der Waals surface area contributed by atoms with E-state index in [4.69, 9.17) is 0 Å². The Labute approximate surface area is 110 Å². The van der Waals surface area contributed by atoms with Crippen LogP contribution >= 0.6 is 0 Å². The Kier molecular flexibility index (Phi) is 3.61. The monoisotopic (exact) mass is 258 g/mol. The van der Waals surface area contributed by atoms with E-state index >= 15 is 0 Å². The second-order valence-corrected chi connectivity index (χ2v) is 4.19. The van der Waals surface area contributed by atoms with Gasteiger partial charge in [0.25, 0.3) is 11.5 Å². The number of aromatic amines is 1. The predicted molar refractivity (Wildman–Crippen MR) is 73.6 cm³/mol. The van der Waals surface area contributed by atoms with Crippen LogP contribution in [-0.2, 0) is 0 Å². The van der Waals surface area contributed by atoms with Crippen LogP contribution in [0.1, 0.15) is 10.5 Å². The maximum atomic E-state index is 11.8. The van der Waals surface area contributed by atoms with Gasteiger partial charge in [-0.2, -0.15) is 0 Å². The number of nitrogens with one attached hydrogen (secondary N) is 2. The number of amides is 1. The van der Waals surface area contributed by atoms with Crippen molar-refractivity contribution in [2.24, 2.45) is 0 Å². The van der Waals surface area contributed by atoms with E-state index in [-0.39, 0.29) is 17.2 Å². The molecular formula is C13H14N4O2. The van der Waals surface area contributed by atoms with Gasteiger partial charge in [-0.1, -0.05) is 0 Å². The summed E-state index contributed by atoms with van der Waals surface area (Å²) >= 11 is 0.